The number of carbonyl (C=O) groups is 1. The van der Waals surface area contributed by atoms with Crippen LogP contribution >= 0.6 is 0 Å². The number of rotatable bonds is 3. The molecule has 0 spiro atoms. The predicted molar refractivity (Wildman–Crippen MR) is 69.9 cm³/mol. The van der Waals surface area contributed by atoms with Crippen molar-refractivity contribution in [3.05, 3.63) is 29.3 Å². The summed E-state index contributed by atoms with van der Waals surface area (Å²) >= 11 is 0. The fourth-order valence-corrected chi connectivity index (χ4v) is 2.39. The van der Waals surface area contributed by atoms with Gasteiger partial charge in [-0.1, -0.05) is 12.1 Å². The Labute approximate surface area is 107 Å². The van der Waals surface area contributed by atoms with Crippen LogP contribution in [-0.4, -0.2) is 25.7 Å². The fourth-order valence-electron chi connectivity index (χ4n) is 2.39. The van der Waals surface area contributed by atoms with Crippen LogP contribution in [0.25, 0.3) is 0 Å². The third-order valence-electron chi connectivity index (χ3n) is 3.18. The summed E-state index contributed by atoms with van der Waals surface area (Å²) in [7, 11) is 1.40. The number of anilines is 1. The molecule has 4 nitrogen and oxygen atoms in total. The highest BCUT2D eigenvalue weighted by Gasteiger charge is 2.28. The van der Waals surface area contributed by atoms with Crippen molar-refractivity contribution in [3.8, 4) is 0 Å². The van der Waals surface area contributed by atoms with Gasteiger partial charge in [-0.3, -0.25) is 0 Å². The summed E-state index contributed by atoms with van der Waals surface area (Å²) in [5.41, 5.74) is 2.46. The number of methoxy groups -OCH3 is 1. The molecule has 1 aliphatic heterocycles. The van der Waals surface area contributed by atoms with Crippen LogP contribution < -0.4 is 5.32 Å². The van der Waals surface area contributed by atoms with E-state index in [-0.39, 0.29) is 18.1 Å². The lowest BCUT2D eigenvalue weighted by Crippen LogP contribution is -2.28. The molecular formula is C14H19NO3. The number of esters is 1. The topological polar surface area (TPSA) is 47.6 Å². The first-order chi connectivity index (χ1) is 8.67. The van der Waals surface area contributed by atoms with Gasteiger partial charge in [0.15, 0.2) is 0 Å². The predicted octanol–water partition coefficient (Wildman–Crippen LogP) is 2.75. The number of fused-ring (bicyclic) bond motifs is 1. The molecule has 0 amide bonds. The van der Waals surface area contributed by atoms with Crippen molar-refractivity contribution in [1.82, 2.24) is 0 Å². The van der Waals surface area contributed by atoms with Crippen LogP contribution in [0, 0.1) is 0 Å². The summed E-state index contributed by atoms with van der Waals surface area (Å²) in [4.78, 5) is 11.8. The highest BCUT2D eigenvalue weighted by molar-refractivity contribution is 5.96. The van der Waals surface area contributed by atoms with Gasteiger partial charge in [-0.2, -0.15) is 0 Å². The van der Waals surface area contributed by atoms with E-state index in [4.69, 9.17) is 9.47 Å². The van der Waals surface area contributed by atoms with Gasteiger partial charge in [-0.15, -0.1) is 0 Å². The molecule has 18 heavy (non-hydrogen) atoms. The average Bonchev–Trinajstić information content (AvgIpc) is 2.37. The lowest BCUT2D eigenvalue weighted by molar-refractivity contribution is 0.0506. The quantitative estimate of drug-likeness (QED) is 0.837. The van der Waals surface area contributed by atoms with E-state index in [2.05, 4.69) is 12.2 Å². The van der Waals surface area contributed by atoms with Gasteiger partial charge in [0.25, 0.3) is 0 Å². The molecule has 4 heteroatoms. The van der Waals surface area contributed by atoms with Crippen molar-refractivity contribution in [2.75, 3.05) is 19.0 Å². The smallest absolute Gasteiger partial charge is 0.339 e. The summed E-state index contributed by atoms with van der Waals surface area (Å²) in [5.74, 6) is -0.316. The summed E-state index contributed by atoms with van der Waals surface area (Å²) in [6.07, 6.45) is 0.955. The third-order valence-corrected chi connectivity index (χ3v) is 3.18. The van der Waals surface area contributed by atoms with Gasteiger partial charge in [0, 0.05) is 18.2 Å². The van der Waals surface area contributed by atoms with Gasteiger partial charge in [-0.25, -0.2) is 4.79 Å². The van der Waals surface area contributed by atoms with Crippen molar-refractivity contribution in [2.45, 2.75) is 32.4 Å². The van der Waals surface area contributed by atoms with Crippen LogP contribution in [0.15, 0.2) is 18.2 Å². The molecule has 1 aromatic rings. The lowest BCUT2D eigenvalue weighted by Gasteiger charge is -2.32. The summed E-state index contributed by atoms with van der Waals surface area (Å²) in [6, 6.07) is 5.92. The Morgan fingerprint density at radius 1 is 1.50 bits per heavy atom. The molecular weight excluding hydrogens is 230 g/mol. The summed E-state index contributed by atoms with van der Waals surface area (Å²) in [6.45, 7) is 4.73. The molecule has 1 unspecified atom stereocenters. The largest absolute Gasteiger partial charge is 0.465 e. The zero-order valence-corrected chi connectivity index (χ0v) is 11.0. The first-order valence-electron chi connectivity index (χ1n) is 6.26. The molecule has 0 fully saturated rings. The van der Waals surface area contributed by atoms with E-state index in [0.717, 1.165) is 17.7 Å². The highest BCUT2D eigenvalue weighted by atomic mass is 16.5. The van der Waals surface area contributed by atoms with Crippen LogP contribution in [0.4, 0.5) is 5.69 Å². The minimum absolute atomic E-state index is 0.0471. The van der Waals surface area contributed by atoms with Gasteiger partial charge >= 0.3 is 5.97 Å². The first kappa shape index (κ1) is 12.9. The van der Waals surface area contributed by atoms with Crippen molar-refractivity contribution in [3.63, 3.8) is 0 Å². The zero-order chi connectivity index (χ0) is 13.1. The number of benzene rings is 1. The highest BCUT2D eigenvalue weighted by Crippen LogP contribution is 2.37. The average molecular weight is 249 g/mol. The maximum Gasteiger partial charge on any atom is 0.339 e. The van der Waals surface area contributed by atoms with E-state index in [1.54, 1.807) is 6.07 Å². The minimum atomic E-state index is -0.316. The molecule has 0 radical (unpaired) electrons. The molecule has 0 aliphatic carbocycles. The van der Waals surface area contributed by atoms with Crippen LogP contribution in [-0.2, 0) is 9.47 Å². The zero-order valence-electron chi connectivity index (χ0n) is 11.0. The van der Waals surface area contributed by atoms with Crippen LogP contribution in [0.1, 0.15) is 42.3 Å². The monoisotopic (exact) mass is 249 g/mol. The molecule has 1 aliphatic rings. The maximum absolute atomic E-state index is 11.8. The van der Waals surface area contributed by atoms with Gasteiger partial charge in [0.1, 0.15) is 0 Å². The second-order valence-corrected chi connectivity index (χ2v) is 4.49. The molecule has 98 valence electrons. The number of ether oxygens (including phenoxy) is 2. The second kappa shape index (κ2) is 5.40. The van der Waals surface area contributed by atoms with E-state index in [1.165, 1.54) is 7.11 Å². The Bertz CT molecular complexity index is 445. The van der Waals surface area contributed by atoms with Crippen molar-refractivity contribution < 1.29 is 14.3 Å². The maximum atomic E-state index is 11.8. The van der Waals surface area contributed by atoms with Crippen LogP contribution in [0.3, 0.4) is 0 Å². The Kier molecular flexibility index (Phi) is 3.87. The number of hydrogen-bond acceptors (Lipinski definition) is 4. The lowest BCUT2D eigenvalue weighted by atomic mass is 9.93. The molecule has 1 heterocycles. The molecule has 0 saturated heterocycles. The van der Waals surface area contributed by atoms with Crippen molar-refractivity contribution in [1.29, 1.82) is 0 Å². The van der Waals surface area contributed by atoms with E-state index in [9.17, 15) is 4.79 Å². The minimum Gasteiger partial charge on any atom is -0.465 e. The van der Waals surface area contributed by atoms with E-state index >= 15 is 0 Å². The molecule has 0 saturated carbocycles. The number of hydrogen-bond donors (Lipinski definition) is 1. The van der Waals surface area contributed by atoms with Crippen molar-refractivity contribution >= 4 is 11.7 Å². The molecule has 2 rings (SSSR count). The van der Waals surface area contributed by atoms with Gasteiger partial charge in [0.2, 0.25) is 0 Å². The standard InChI is InChI=1S/C14H19NO3/c1-4-18-12-8-9(2)15-13-10(12)6-5-7-11(13)14(16)17-3/h5-7,9,12,15H,4,8H2,1-3H3/t9-,12?/m1/s1. The summed E-state index contributed by atoms with van der Waals surface area (Å²) in [5, 5.41) is 3.35. The van der Waals surface area contributed by atoms with E-state index in [1.807, 2.05) is 19.1 Å². The summed E-state index contributed by atoms with van der Waals surface area (Å²) < 4.78 is 10.6. The molecule has 2 atom stereocenters. The van der Waals surface area contributed by atoms with E-state index < -0.39 is 0 Å². The van der Waals surface area contributed by atoms with Crippen LogP contribution in [0.2, 0.25) is 0 Å². The second-order valence-electron chi connectivity index (χ2n) is 4.49. The Hall–Kier alpha value is -1.55. The number of nitrogens with one attached hydrogen (secondary N) is 1. The Morgan fingerprint density at radius 3 is 2.94 bits per heavy atom. The van der Waals surface area contributed by atoms with Gasteiger partial charge in [-0.05, 0) is 26.3 Å². The molecule has 1 N–H and O–H groups in total. The van der Waals surface area contributed by atoms with Gasteiger partial charge in [0.05, 0.1) is 24.5 Å². The molecule has 1 aromatic carbocycles. The van der Waals surface area contributed by atoms with E-state index in [0.29, 0.717) is 12.2 Å². The number of para-hydroxylation sites is 1. The molecule has 0 bridgehead atoms. The SMILES string of the molecule is CCOC1C[C@@H](C)Nc2c(C(=O)OC)cccc21. The third kappa shape index (κ3) is 2.34. The number of carbonyl (C=O) groups excluding carboxylic acids is 1. The normalized spacial score (nSPS) is 21.9. The Balaban J connectivity index is 2.44. The van der Waals surface area contributed by atoms with Crippen LogP contribution in [0.5, 0.6) is 0 Å². The molecule has 0 aromatic heterocycles. The Morgan fingerprint density at radius 2 is 2.28 bits per heavy atom. The van der Waals surface area contributed by atoms with Gasteiger partial charge < -0.3 is 14.8 Å². The van der Waals surface area contributed by atoms with Crippen molar-refractivity contribution in [2.24, 2.45) is 0 Å². The first-order valence-corrected chi connectivity index (χ1v) is 6.26. The fraction of sp³-hybridized carbons (Fsp3) is 0.500.